The Kier molecular flexibility index (Phi) is 4.39. The molecule has 0 radical (unpaired) electrons. The summed E-state index contributed by atoms with van der Waals surface area (Å²) in [6.07, 6.45) is 3.01. The molecule has 0 aliphatic carbocycles. The fraction of sp³-hybridized carbons (Fsp3) is 0.227. The maximum absolute atomic E-state index is 12.9. The number of thiophene rings is 1. The van der Waals surface area contributed by atoms with Crippen LogP contribution in [0.15, 0.2) is 57.6 Å². The van der Waals surface area contributed by atoms with Gasteiger partial charge in [-0.3, -0.25) is 14.2 Å². The highest BCUT2D eigenvalue weighted by Gasteiger charge is 2.24. The maximum atomic E-state index is 12.9. The van der Waals surface area contributed by atoms with Crippen LogP contribution in [0.4, 0.5) is 5.82 Å². The number of carbonyl (C=O) groups excluding carboxylic acids is 1. The van der Waals surface area contributed by atoms with E-state index < -0.39 is 0 Å². The van der Waals surface area contributed by atoms with Crippen LogP contribution in [0.2, 0.25) is 0 Å². The van der Waals surface area contributed by atoms with E-state index in [1.165, 1.54) is 10.9 Å². The Labute approximate surface area is 185 Å². The minimum absolute atomic E-state index is 0.0684. The first-order valence-electron chi connectivity index (χ1n) is 10.3. The van der Waals surface area contributed by atoms with Crippen molar-refractivity contribution < 1.29 is 9.21 Å². The molecule has 32 heavy (non-hydrogen) atoms. The standard InChI is InChI=1S/C22H18N6O3S/c29-17(11-28-13-25-18-14-3-1-2-4-16(14)31-19(18)22(28)30)26-6-8-27(9-7-26)20-15-5-10-32-21(15)24-12-23-20/h1-5,10,12-13H,6-9,11H2. The molecule has 5 heterocycles. The van der Waals surface area contributed by atoms with E-state index in [4.69, 9.17) is 4.42 Å². The molecule has 0 saturated carbocycles. The first-order chi connectivity index (χ1) is 15.7. The lowest BCUT2D eigenvalue weighted by Gasteiger charge is -2.35. The Morgan fingerprint density at radius 3 is 2.75 bits per heavy atom. The number of nitrogens with zero attached hydrogens (tertiary/aromatic N) is 6. The van der Waals surface area contributed by atoms with Crippen molar-refractivity contribution in [3.05, 3.63) is 58.7 Å². The van der Waals surface area contributed by atoms with Crippen molar-refractivity contribution in [3.63, 3.8) is 0 Å². The van der Waals surface area contributed by atoms with Gasteiger partial charge in [0, 0.05) is 31.6 Å². The lowest BCUT2D eigenvalue weighted by atomic mass is 10.2. The van der Waals surface area contributed by atoms with Gasteiger partial charge in [-0.25, -0.2) is 15.0 Å². The Balaban J connectivity index is 1.19. The fourth-order valence-corrected chi connectivity index (χ4v) is 4.90. The van der Waals surface area contributed by atoms with Crippen molar-refractivity contribution in [2.24, 2.45) is 0 Å². The summed E-state index contributed by atoms with van der Waals surface area (Å²) in [4.78, 5) is 43.8. The van der Waals surface area contributed by atoms with Crippen molar-refractivity contribution in [2.45, 2.75) is 6.54 Å². The molecule has 160 valence electrons. The van der Waals surface area contributed by atoms with Crippen LogP contribution >= 0.6 is 11.3 Å². The van der Waals surface area contributed by atoms with Gasteiger partial charge in [-0.1, -0.05) is 12.1 Å². The van der Waals surface area contributed by atoms with Gasteiger partial charge in [0.25, 0.3) is 5.56 Å². The smallest absolute Gasteiger partial charge is 0.297 e. The Hall–Kier alpha value is -3.79. The number of para-hydroxylation sites is 1. The third-order valence-electron chi connectivity index (χ3n) is 5.83. The van der Waals surface area contributed by atoms with Gasteiger partial charge in [0.2, 0.25) is 11.5 Å². The zero-order valence-electron chi connectivity index (χ0n) is 17.0. The Morgan fingerprint density at radius 1 is 1.03 bits per heavy atom. The molecule has 5 aromatic rings. The summed E-state index contributed by atoms with van der Waals surface area (Å²) in [7, 11) is 0. The van der Waals surface area contributed by atoms with Crippen LogP contribution in [0.25, 0.3) is 32.3 Å². The first-order valence-corrected chi connectivity index (χ1v) is 11.1. The molecule has 10 heteroatoms. The summed E-state index contributed by atoms with van der Waals surface area (Å²) in [6.45, 7) is 2.39. The van der Waals surface area contributed by atoms with E-state index in [1.807, 2.05) is 29.6 Å². The van der Waals surface area contributed by atoms with Gasteiger partial charge in [-0.15, -0.1) is 11.3 Å². The molecular weight excluding hydrogens is 428 g/mol. The molecule has 9 nitrogen and oxygen atoms in total. The van der Waals surface area contributed by atoms with Gasteiger partial charge in [0.1, 0.15) is 34.6 Å². The molecule has 0 spiro atoms. The van der Waals surface area contributed by atoms with Crippen LogP contribution in [-0.2, 0) is 11.3 Å². The molecule has 1 saturated heterocycles. The minimum Gasteiger partial charge on any atom is -0.448 e. The van der Waals surface area contributed by atoms with E-state index in [0.29, 0.717) is 37.3 Å². The number of rotatable bonds is 3. The molecule has 1 aliphatic heterocycles. The number of amides is 1. The molecule has 1 fully saturated rings. The molecule has 0 atom stereocenters. The largest absolute Gasteiger partial charge is 0.448 e. The van der Waals surface area contributed by atoms with E-state index in [0.717, 1.165) is 21.4 Å². The molecule has 0 N–H and O–H groups in total. The van der Waals surface area contributed by atoms with E-state index >= 15 is 0 Å². The maximum Gasteiger partial charge on any atom is 0.297 e. The predicted octanol–water partition coefficient (Wildman–Crippen LogP) is 2.50. The molecule has 1 aliphatic rings. The highest BCUT2D eigenvalue weighted by atomic mass is 32.1. The fourth-order valence-electron chi connectivity index (χ4n) is 4.17. The number of hydrogen-bond donors (Lipinski definition) is 0. The highest BCUT2D eigenvalue weighted by Crippen LogP contribution is 2.27. The average Bonchev–Trinajstić information content (AvgIpc) is 3.46. The second-order valence-electron chi connectivity index (χ2n) is 7.66. The van der Waals surface area contributed by atoms with Crippen LogP contribution < -0.4 is 10.5 Å². The molecule has 1 amide bonds. The Bertz CT molecular complexity index is 1530. The highest BCUT2D eigenvalue weighted by molar-refractivity contribution is 7.16. The number of anilines is 1. The second kappa shape index (κ2) is 7.41. The van der Waals surface area contributed by atoms with Gasteiger partial charge < -0.3 is 14.2 Å². The molecular formula is C22H18N6O3S. The van der Waals surface area contributed by atoms with Gasteiger partial charge >= 0.3 is 0 Å². The van der Waals surface area contributed by atoms with Gasteiger partial charge in [-0.2, -0.15) is 0 Å². The number of carbonyl (C=O) groups is 1. The first kappa shape index (κ1) is 18.9. The van der Waals surface area contributed by atoms with Crippen molar-refractivity contribution in [3.8, 4) is 0 Å². The van der Waals surface area contributed by atoms with Gasteiger partial charge in [0.05, 0.1) is 11.7 Å². The third kappa shape index (κ3) is 3.02. The molecule has 4 aromatic heterocycles. The minimum atomic E-state index is -0.348. The number of piperazine rings is 1. The quantitative estimate of drug-likeness (QED) is 0.420. The average molecular weight is 446 g/mol. The zero-order chi connectivity index (χ0) is 21.7. The van der Waals surface area contributed by atoms with Crippen LogP contribution in [-0.4, -0.2) is 56.5 Å². The van der Waals surface area contributed by atoms with Crippen molar-refractivity contribution in [1.29, 1.82) is 0 Å². The van der Waals surface area contributed by atoms with E-state index in [-0.39, 0.29) is 23.6 Å². The lowest BCUT2D eigenvalue weighted by Crippen LogP contribution is -2.50. The van der Waals surface area contributed by atoms with Crippen LogP contribution in [0, 0.1) is 0 Å². The summed E-state index contributed by atoms with van der Waals surface area (Å²) in [5, 5.41) is 3.83. The van der Waals surface area contributed by atoms with Crippen molar-refractivity contribution >= 4 is 55.3 Å². The SMILES string of the molecule is O=C(Cn1cnc2c(oc3ccccc32)c1=O)N1CCN(c2ncnc3sccc23)CC1. The summed E-state index contributed by atoms with van der Waals surface area (Å²) in [5.74, 6) is 0.784. The van der Waals surface area contributed by atoms with E-state index in [9.17, 15) is 9.59 Å². The number of hydrogen-bond acceptors (Lipinski definition) is 8. The molecule has 1 aromatic carbocycles. The Morgan fingerprint density at radius 2 is 1.88 bits per heavy atom. The van der Waals surface area contributed by atoms with Crippen LogP contribution in [0.1, 0.15) is 0 Å². The normalized spacial score (nSPS) is 14.6. The number of fused-ring (bicyclic) bond motifs is 4. The molecule has 6 rings (SSSR count). The second-order valence-corrected chi connectivity index (χ2v) is 8.55. The zero-order valence-corrected chi connectivity index (χ0v) is 17.8. The van der Waals surface area contributed by atoms with E-state index in [2.05, 4.69) is 19.9 Å². The number of benzene rings is 1. The lowest BCUT2D eigenvalue weighted by molar-refractivity contribution is -0.132. The topological polar surface area (TPSA) is 97.4 Å². The summed E-state index contributed by atoms with van der Waals surface area (Å²) in [5.41, 5.74) is 0.957. The van der Waals surface area contributed by atoms with Crippen molar-refractivity contribution in [1.82, 2.24) is 24.4 Å². The summed E-state index contributed by atoms with van der Waals surface area (Å²) < 4.78 is 7.02. The van der Waals surface area contributed by atoms with Gasteiger partial charge in [0.15, 0.2) is 0 Å². The number of furan rings is 1. The molecule has 0 bridgehead atoms. The van der Waals surface area contributed by atoms with Crippen LogP contribution in [0.3, 0.4) is 0 Å². The monoisotopic (exact) mass is 446 g/mol. The molecule has 0 unspecified atom stereocenters. The van der Waals surface area contributed by atoms with Crippen LogP contribution in [0.5, 0.6) is 0 Å². The summed E-state index contributed by atoms with van der Waals surface area (Å²) in [6, 6.07) is 9.41. The van der Waals surface area contributed by atoms with Crippen molar-refractivity contribution in [2.75, 3.05) is 31.1 Å². The summed E-state index contributed by atoms with van der Waals surface area (Å²) >= 11 is 1.59. The van der Waals surface area contributed by atoms with Gasteiger partial charge in [-0.05, 0) is 23.6 Å². The predicted molar refractivity (Wildman–Crippen MR) is 122 cm³/mol. The van der Waals surface area contributed by atoms with E-state index in [1.54, 1.807) is 28.6 Å². The third-order valence-corrected chi connectivity index (χ3v) is 6.65. The number of aromatic nitrogens is 4.